The predicted molar refractivity (Wildman–Crippen MR) is 128 cm³/mol. The minimum absolute atomic E-state index is 0.0285. The third-order valence-electron chi connectivity index (χ3n) is 5.66. The van der Waals surface area contributed by atoms with Crippen LogP contribution in [-0.2, 0) is 0 Å². The van der Waals surface area contributed by atoms with Gasteiger partial charge in [0.15, 0.2) is 0 Å². The second-order valence-electron chi connectivity index (χ2n) is 7.56. The highest BCUT2D eigenvalue weighted by atomic mass is 16.8. The summed E-state index contributed by atoms with van der Waals surface area (Å²) in [5.41, 5.74) is 2.72. The topological polar surface area (TPSA) is 126 Å². The van der Waals surface area contributed by atoms with Crippen molar-refractivity contribution in [3.63, 3.8) is 0 Å². The summed E-state index contributed by atoms with van der Waals surface area (Å²) >= 11 is 0. The fourth-order valence-electron chi connectivity index (χ4n) is 4.14. The van der Waals surface area contributed by atoms with E-state index in [1.54, 1.807) is 66.7 Å². The number of fused-ring (bicyclic) bond motifs is 3. The van der Waals surface area contributed by atoms with Gasteiger partial charge in [0.2, 0.25) is 0 Å². The van der Waals surface area contributed by atoms with Gasteiger partial charge in [-0.25, -0.2) is 0 Å². The summed E-state index contributed by atoms with van der Waals surface area (Å²) < 4.78 is 0. The molecule has 1 heterocycles. The maximum atomic E-state index is 12.9. The van der Waals surface area contributed by atoms with Crippen molar-refractivity contribution in [3.05, 3.63) is 106 Å². The van der Waals surface area contributed by atoms with E-state index in [2.05, 4.69) is 4.98 Å². The molecular weight excluding hydrogens is 422 g/mol. The Morgan fingerprint density at radius 3 is 1.91 bits per heavy atom. The van der Waals surface area contributed by atoms with Crippen molar-refractivity contribution >= 4 is 33.1 Å². The molecule has 0 saturated carbocycles. The number of hydrogen-bond acceptors (Lipinski definition) is 7. The molecule has 33 heavy (non-hydrogen) atoms. The number of hydrogen-bond donors (Lipinski definition) is 3. The van der Waals surface area contributed by atoms with E-state index in [4.69, 9.17) is 0 Å². The van der Waals surface area contributed by atoms with Crippen molar-refractivity contribution in [2.75, 3.05) is 10.5 Å². The fraction of sp³-hybridized carbons (Fsp3) is 0. The lowest BCUT2D eigenvalue weighted by atomic mass is 9.97. The highest BCUT2D eigenvalue weighted by Crippen LogP contribution is 2.35. The van der Waals surface area contributed by atoms with Crippen LogP contribution in [-0.4, -0.2) is 15.4 Å². The molecule has 8 nitrogen and oxygen atoms in total. The molecule has 1 aromatic heterocycles. The minimum Gasteiger partial charge on any atom is -0.769 e. The van der Waals surface area contributed by atoms with Crippen molar-refractivity contribution in [3.8, 4) is 22.3 Å². The third-order valence-corrected chi connectivity index (χ3v) is 5.66. The van der Waals surface area contributed by atoms with Crippen LogP contribution in [0.15, 0.2) is 89.7 Å². The Morgan fingerprint density at radius 2 is 1.24 bits per heavy atom. The van der Waals surface area contributed by atoms with Crippen molar-refractivity contribution < 1.29 is 10.4 Å². The molecule has 0 atom stereocenters. The first-order valence-electron chi connectivity index (χ1n) is 10.0. The number of nitrogens with zero attached hydrogens (tertiary/aromatic N) is 2. The lowest BCUT2D eigenvalue weighted by molar-refractivity contribution is 0.0295. The average Bonchev–Trinajstić information content (AvgIpc) is 2.83. The van der Waals surface area contributed by atoms with Crippen LogP contribution in [0.2, 0.25) is 0 Å². The highest BCUT2D eigenvalue weighted by molar-refractivity contribution is 6.07. The van der Waals surface area contributed by atoms with E-state index in [0.29, 0.717) is 38.5 Å². The van der Waals surface area contributed by atoms with Gasteiger partial charge in [-0.2, -0.15) is 0 Å². The molecule has 0 aliphatic rings. The number of anilines is 2. The molecule has 5 aromatic rings. The van der Waals surface area contributed by atoms with Gasteiger partial charge in [-0.15, -0.1) is 5.23 Å². The van der Waals surface area contributed by atoms with Gasteiger partial charge >= 0.3 is 0 Å². The Balaban J connectivity index is 1.69. The smallest absolute Gasteiger partial charge is 0.256 e. The molecule has 8 heteroatoms. The second-order valence-corrected chi connectivity index (χ2v) is 7.56. The molecule has 0 fully saturated rings. The van der Waals surface area contributed by atoms with Crippen LogP contribution in [0, 0.1) is 10.4 Å². The van der Waals surface area contributed by atoms with Crippen molar-refractivity contribution in [1.29, 1.82) is 0 Å². The van der Waals surface area contributed by atoms with Crippen molar-refractivity contribution in [2.45, 2.75) is 0 Å². The minimum atomic E-state index is -0.441. The van der Waals surface area contributed by atoms with Gasteiger partial charge in [-0.05, 0) is 40.8 Å². The number of pyridine rings is 1. The van der Waals surface area contributed by atoms with Crippen molar-refractivity contribution in [1.82, 2.24) is 4.98 Å². The van der Waals surface area contributed by atoms with Gasteiger partial charge in [0.25, 0.3) is 5.56 Å². The molecule has 3 N–H and O–H groups in total. The summed E-state index contributed by atoms with van der Waals surface area (Å²) in [6, 6.07) is 23.8. The Hall–Kier alpha value is -4.21. The molecule has 0 aliphatic heterocycles. The second kappa shape index (κ2) is 8.05. The number of H-pyrrole nitrogens is 1. The predicted octanol–water partition coefficient (Wildman–Crippen LogP) is 5.40. The lowest BCUT2D eigenvalue weighted by Gasteiger charge is -2.39. The summed E-state index contributed by atoms with van der Waals surface area (Å²) in [4.78, 5) is 15.8. The number of rotatable bonds is 4. The summed E-state index contributed by atoms with van der Waals surface area (Å²) in [7, 11) is 0. The van der Waals surface area contributed by atoms with E-state index in [1.165, 1.54) is 6.07 Å². The first kappa shape index (κ1) is 20.7. The average molecular weight is 439 g/mol. The Kier molecular flexibility index (Phi) is 5.04. The maximum absolute atomic E-state index is 12.9. The number of nitrogens with one attached hydrogen (secondary N) is 1. The van der Waals surface area contributed by atoms with Gasteiger partial charge in [0.05, 0.1) is 0 Å². The van der Waals surface area contributed by atoms with Crippen LogP contribution in [0.4, 0.5) is 11.4 Å². The zero-order valence-electron chi connectivity index (χ0n) is 17.1. The zero-order chi connectivity index (χ0) is 23.1. The Labute approximate surface area is 187 Å². The number of aromatic amines is 1. The normalized spacial score (nSPS) is 11.2. The molecule has 0 radical (unpaired) electrons. The van der Waals surface area contributed by atoms with Crippen LogP contribution >= 0.6 is 0 Å². The highest BCUT2D eigenvalue weighted by Gasteiger charge is 2.13. The quantitative estimate of drug-likeness (QED) is 0.253. The van der Waals surface area contributed by atoms with E-state index >= 15 is 0 Å². The van der Waals surface area contributed by atoms with E-state index in [0.717, 1.165) is 5.39 Å². The molecule has 164 valence electrons. The molecule has 0 saturated heterocycles. The molecular formula is C25H17N3O5-2. The maximum Gasteiger partial charge on any atom is 0.256 e. The molecule has 5 rings (SSSR count). The van der Waals surface area contributed by atoms with Crippen LogP contribution in [0.1, 0.15) is 0 Å². The summed E-state index contributed by atoms with van der Waals surface area (Å²) in [5.74, 6) is 0. The molecule has 0 unspecified atom stereocenters. The molecule has 0 aliphatic carbocycles. The summed E-state index contributed by atoms with van der Waals surface area (Å²) in [6.07, 6.45) is 0. The van der Waals surface area contributed by atoms with Crippen LogP contribution in [0.25, 0.3) is 43.9 Å². The molecule has 0 spiro atoms. The van der Waals surface area contributed by atoms with Crippen molar-refractivity contribution in [2.24, 2.45) is 0 Å². The van der Waals surface area contributed by atoms with Crippen LogP contribution < -0.4 is 16.0 Å². The van der Waals surface area contributed by atoms with E-state index in [1.807, 2.05) is 12.1 Å². The number of para-hydroxylation sites is 2. The van der Waals surface area contributed by atoms with E-state index in [-0.39, 0.29) is 22.2 Å². The third kappa shape index (κ3) is 3.59. The molecule has 0 bridgehead atoms. The first-order chi connectivity index (χ1) is 15.9. The SMILES string of the molecule is O=c1[nH]c2cc(-c3ccccc3N(O)O)ccc2c2ccc(-c3ccccc3N([O-])[O-])cc12. The fourth-order valence-corrected chi connectivity index (χ4v) is 4.14. The van der Waals surface area contributed by atoms with Gasteiger partial charge in [0, 0.05) is 33.1 Å². The molecule has 0 amide bonds. The number of benzene rings is 4. The van der Waals surface area contributed by atoms with Gasteiger partial charge in [-0.1, -0.05) is 60.7 Å². The van der Waals surface area contributed by atoms with Crippen LogP contribution in [0.5, 0.6) is 0 Å². The van der Waals surface area contributed by atoms with Gasteiger partial charge < -0.3 is 20.6 Å². The van der Waals surface area contributed by atoms with Gasteiger partial charge in [0.1, 0.15) is 5.69 Å². The van der Waals surface area contributed by atoms with E-state index < -0.39 is 5.23 Å². The number of aromatic nitrogens is 1. The van der Waals surface area contributed by atoms with Gasteiger partial charge in [-0.3, -0.25) is 15.2 Å². The zero-order valence-corrected chi connectivity index (χ0v) is 17.1. The van der Waals surface area contributed by atoms with E-state index in [9.17, 15) is 25.6 Å². The summed E-state index contributed by atoms with van der Waals surface area (Å²) in [6.45, 7) is 0. The lowest BCUT2D eigenvalue weighted by Crippen LogP contribution is -2.12. The summed E-state index contributed by atoms with van der Waals surface area (Å²) in [5, 5.41) is 43.4. The Bertz CT molecular complexity index is 1560. The van der Waals surface area contributed by atoms with Crippen LogP contribution in [0.3, 0.4) is 0 Å². The monoisotopic (exact) mass is 439 g/mol. The molecule has 4 aromatic carbocycles. The Morgan fingerprint density at radius 1 is 0.667 bits per heavy atom. The first-order valence-corrected chi connectivity index (χ1v) is 10.0. The standard InChI is InChI=1S/C25H17N3O5/c29-25-21-13-15(17-5-1-3-7-23(17)27(30)31)9-11-19(21)20-12-10-16(14-22(20)26-25)18-6-2-4-8-24(18)28(32)33/h1-14,32-33H,(H,26,29)/q-2. The largest absolute Gasteiger partial charge is 0.769 e.